The van der Waals surface area contributed by atoms with Gasteiger partial charge in [0.25, 0.3) is 0 Å². The zero-order chi connectivity index (χ0) is 14.2. The molecule has 0 amide bonds. The second-order valence-electron chi connectivity index (χ2n) is 5.26. The van der Waals surface area contributed by atoms with Crippen LogP contribution in [0, 0.1) is 5.92 Å². The second kappa shape index (κ2) is 8.12. The molecule has 1 saturated carbocycles. The van der Waals surface area contributed by atoms with Gasteiger partial charge >= 0.3 is 0 Å². The maximum absolute atomic E-state index is 5.92. The molecule has 4 nitrogen and oxygen atoms in total. The van der Waals surface area contributed by atoms with Crippen LogP contribution in [0.4, 0.5) is 0 Å². The predicted octanol–water partition coefficient (Wildman–Crippen LogP) is 2.61. The number of methoxy groups -OCH3 is 2. The summed E-state index contributed by atoms with van der Waals surface area (Å²) in [5, 5.41) is 3.33. The average molecular weight is 279 g/mol. The lowest BCUT2D eigenvalue weighted by atomic mass is 9.86. The molecule has 112 valence electrons. The maximum atomic E-state index is 5.92. The Morgan fingerprint density at radius 2 is 2.05 bits per heavy atom. The van der Waals surface area contributed by atoms with E-state index < -0.39 is 0 Å². The zero-order valence-electron chi connectivity index (χ0n) is 12.5. The van der Waals surface area contributed by atoms with Crippen LogP contribution in [-0.4, -0.2) is 34.0 Å². The molecular formula is C16H25NO3. The molecule has 1 fully saturated rings. The van der Waals surface area contributed by atoms with Gasteiger partial charge in [-0.1, -0.05) is 12.5 Å². The first-order valence-corrected chi connectivity index (χ1v) is 7.33. The summed E-state index contributed by atoms with van der Waals surface area (Å²) in [6.07, 6.45) is 3.93. The molecule has 1 N–H and O–H groups in total. The highest BCUT2D eigenvalue weighted by molar-refractivity contribution is 5.43. The molecule has 4 heteroatoms. The van der Waals surface area contributed by atoms with Gasteiger partial charge in [0.2, 0.25) is 0 Å². The van der Waals surface area contributed by atoms with Crippen molar-refractivity contribution in [2.24, 2.45) is 5.92 Å². The van der Waals surface area contributed by atoms with Crippen LogP contribution in [0.15, 0.2) is 18.2 Å². The van der Waals surface area contributed by atoms with E-state index in [4.69, 9.17) is 14.2 Å². The van der Waals surface area contributed by atoms with Gasteiger partial charge in [0.05, 0.1) is 20.3 Å². The highest BCUT2D eigenvalue weighted by Gasteiger charge is 2.18. The van der Waals surface area contributed by atoms with Gasteiger partial charge in [0.15, 0.2) is 11.5 Å². The Balaban J connectivity index is 1.88. The lowest BCUT2D eigenvalue weighted by Crippen LogP contribution is -2.20. The van der Waals surface area contributed by atoms with Crippen LogP contribution in [0.3, 0.4) is 0 Å². The second-order valence-corrected chi connectivity index (χ2v) is 5.26. The topological polar surface area (TPSA) is 39.7 Å². The standard InChI is InChI=1S/C16H25NO3/c1-18-9-8-17-11-14-6-7-15(19-2)16(10-14)20-12-13-4-3-5-13/h6-7,10,13,17H,3-5,8-9,11-12H2,1-2H3. The summed E-state index contributed by atoms with van der Waals surface area (Å²) in [5.41, 5.74) is 1.20. The predicted molar refractivity (Wildman–Crippen MR) is 79.4 cm³/mol. The summed E-state index contributed by atoms with van der Waals surface area (Å²) in [7, 11) is 3.39. The Morgan fingerprint density at radius 1 is 1.20 bits per heavy atom. The van der Waals surface area contributed by atoms with Gasteiger partial charge in [-0.25, -0.2) is 0 Å². The molecular weight excluding hydrogens is 254 g/mol. The molecule has 2 rings (SSSR count). The van der Waals surface area contributed by atoms with Gasteiger partial charge < -0.3 is 19.5 Å². The van der Waals surface area contributed by atoms with Crippen molar-refractivity contribution in [2.75, 3.05) is 34.0 Å². The highest BCUT2D eigenvalue weighted by atomic mass is 16.5. The number of hydrogen-bond donors (Lipinski definition) is 1. The number of hydrogen-bond acceptors (Lipinski definition) is 4. The molecule has 20 heavy (non-hydrogen) atoms. The first-order valence-electron chi connectivity index (χ1n) is 7.33. The zero-order valence-corrected chi connectivity index (χ0v) is 12.5. The van der Waals surface area contributed by atoms with Crippen LogP contribution in [0.1, 0.15) is 24.8 Å². The molecule has 0 bridgehead atoms. The Kier molecular flexibility index (Phi) is 6.15. The van der Waals surface area contributed by atoms with Gasteiger partial charge in [-0.2, -0.15) is 0 Å². The minimum absolute atomic E-state index is 0.723. The van der Waals surface area contributed by atoms with E-state index in [9.17, 15) is 0 Å². The van der Waals surface area contributed by atoms with Crippen molar-refractivity contribution in [3.05, 3.63) is 23.8 Å². The average Bonchev–Trinajstić information content (AvgIpc) is 2.42. The molecule has 0 aliphatic heterocycles. The summed E-state index contributed by atoms with van der Waals surface area (Å²) >= 11 is 0. The van der Waals surface area contributed by atoms with Crippen LogP contribution in [0.2, 0.25) is 0 Å². The fourth-order valence-corrected chi connectivity index (χ4v) is 2.22. The van der Waals surface area contributed by atoms with Crippen molar-refractivity contribution in [1.82, 2.24) is 5.32 Å². The Bertz CT molecular complexity index is 405. The summed E-state index contributed by atoms with van der Waals surface area (Å²) in [4.78, 5) is 0. The molecule has 1 aromatic rings. The lowest BCUT2D eigenvalue weighted by Gasteiger charge is -2.25. The summed E-state index contributed by atoms with van der Waals surface area (Å²) in [5.74, 6) is 2.39. The van der Waals surface area contributed by atoms with E-state index in [0.29, 0.717) is 0 Å². The van der Waals surface area contributed by atoms with Gasteiger partial charge in [-0.15, -0.1) is 0 Å². The molecule has 0 aromatic heterocycles. The first kappa shape index (κ1) is 15.1. The van der Waals surface area contributed by atoms with Crippen LogP contribution in [-0.2, 0) is 11.3 Å². The van der Waals surface area contributed by atoms with E-state index in [-0.39, 0.29) is 0 Å². The van der Waals surface area contributed by atoms with Crippen molar-refractivity contribution in [2.45, 2.75) is 25.8 Å². The number of benzene rings is 1. The molecule has 0 saturated heterocycles. The fraction of sp³-hybridized carbons (Fsp3) is 0.625. The largest absolute Gasteiger partial charge is 0.493 e. The van der Waals surface area contributed by atoms with Crippen LogP contribution >= 0.6 is 0 Å². The van der Waals surface area contributed by atoms with Crippen molar-refractivity contribution in [3.63, 3.8) is 0 Å². The third-order valence-corrected chi connectivity index (χ3v) is 3.74. The number of rotatable bonds is 9. The maximum Gasteiger partial charge on any atom is 0.161 e. The monoisotopic (exact) mass is 279 g/mol. The SMILES string of the molecule is COCCNCc1ccc(OC)c(OCC2CCC2)c1. The number of nitrogens with one attached hydrogen (secondary N) is 1. The van der Waals surface area contributed by atoms with E-state index in [0.717, 1.165) is 43.7 Å². The summed E-state index contributed by atoms with van der Waals surface area (Å²) < 4.78 is 16.3. The van der Waals surface area contributed by atoms with Crippen molar-refractivity contribution < 1.29 is 14.2 Å². The molecule has 1 aliphatic carbocycles. The quantitative estimate of drug-likeness (QED) is 0.705. The van der Waals surface area contributed by atoms with E-state index >= 15 is 0 Å². The normalized spacial score (nSPS) is 14.9. The molecule has 1 aromatic carbocycles. The van der Waals surface area contributed by atoms with Gasteiger partial charge in [-0.3, -0.25) is 0 Å². The molecule has 0 radical (unpaired) electrons. The molecule has 0 atom stereocenters. The highest BCUT2D eigenvalue weighted by Crippen LogP contribution is 2.31. The van der Waals surface area contributed by atoms with Gasteiger partial charge in [0, 0.05) is 20.2 Å². The summed E-state index contributed by atoms with van der Waals surface area (Å²) in [6, 6.07) is 6.11. The first-order chi connectivity index (χ1) is 9.83. The van der Waals surface area contributed by atoms with Gasteiger partial charge in [-0.05, 0) is 36.5 Å². The third-order valence-electron chi connectivity index (χ3n) is 3.74. The number of ether oxygens (including phenoxy) is 3. The van der Waals surface area contributed by atoms with Crippen LogP contribution < -0.4 is 14.8 Å². The van der Waals surface area contributed by atoms with Crippen molar-refractivity contribution in [1.29, 1.82) is 0 Å². The van der Waals surface area contributed by atoms with E-state index in [1.807, 2.05) is 6.07 Å². The Labute approximate surface area is 121 Å². The molecule has 0 unspecified atom stereocenters. The third kappa shape index (κ3) is 4.39. The molecule has 0 spiro atoms. The van der Waals surface area contributed by atoms with Crippen LogP contribution in [0.25, 0.3) is 0 Å². The van der Waals surface area contributed by atoms with E-state index in [1.54, 1.807) is 14.2 Å². The van der Waals surface area contributed by atoms with Gasteiger partial charge in [0.1, 0.15) is 0 Å². The molecule has 0 heterocycles. The minimum atomic E-state index is 0.723. The van der Waals surface area contributed by atoms with E-state index in [1.165, 1.54) is 24.8 Å². The fourth-order valence-electron chi connectivity index (χ4n) is 2.22. The minimum Gasteiger partial charge on any atom is -0.493 e. The van der Waals surface area contributed by atoms with Crippen LogP contribution in [0.5, 0.6) is 11.5 Å². The summed E-state index contributed by atoms with van der Waals surface area (Å²) in [6.45, 7) is 3.19. The smallest absolute Gasteiger partial charge is 0.161 e. The molecule has 1 aliphatic rings. The lowest BCUT2D eigenvalue weighted by molar-refractivity contribution is 0.175. The van der Waals surface area contributed by atoms with Crippen molar-refractivity contribution >= 4 is 0 Å². The van der Waals surface area contributed by atoms with Crippen molar-refractivity contribution in [3.8, 4) is 11.5 Å². The van der Waals surface area contributed by atoms with E-state index in [2.05, 4.69) is 17.4 Å². The Hall–Kier alpha value is -1.26. The Morgan fingerprint density at radius 3 is 2.70 bits per heavy atom.